The summed E-state index contributed by atoms with van der Waals surface area (Å²) in [5.41, 5.74) is 10.8. The van der Waals surface area contributed by atoms with Gasteiger partial charge < -0.3 is 19.3 Å². The molecule has 282 valence electrons. The highest BCUT2D eigenvalue weighted by Crippen LogP contribution is 2.47. The molecule has 2 aliphatic rings. The zero-order valence-corrected chi connectivity index (χ0v) is 33.3. The Kier molecular flexibility index (Phi) is 8.13. The van der Waals surface area contributed by atoms with Crippen LogP contribution in [0.1, 0.15) is 26.3 Å². The van der Waals surface area contributed by atoms with Crippen molar-refractivity contribution in [3.63, 3.8) is 0 Å². The van der Waals surface area contributed by atoms with E-state index < -0.39 is 0 Å². The van der Waals surface area contributed by atoms with Gasteiger partial charge in [-0.05, 0) is 93.3 Å². The van der Waals surface area contributed by atoms with Gasteiger partial charge in [0, 0.05) is 51.1 Å². The first-order chi connectivity index (χ1) is 28.9. The van der Waals surface area contributed by atoms with Gasteiger partial charge in [0.25, 0.3) is 6.71 Å². The summed E-state index contributed by atoms with van der Waals surface area (Å²) in [5.74, 6) is 3.37. The van der Waals surface area contributed by atoms with Gasteiger partial charge >= 0.3 is 0 Å². The van der Waals surface area contributed by atoms with Crippen LogP contribution in [-0.2, 0) is 5.41 Å². The SMILES string of the molecule is CC(C)(C)c1cc2c3c(c1)Oc1cc(N(c4ccccc4)c4ccccc4)c4ccccc4c1B3c1c(cc(N(c3ccccc3)c3ccccc3)c3ccccc13)O2. The minimum atomic E-state index is -0.164. The van der Waals surface area contributed by atoms with E-state index in [2.05, 4.69) is 225 Å². The summed E-state index contributed by atoms with van der Waals surface area (Å²) >= 11 is 0. The zero-order chi connectivity index (χ0) is 39.7. The standard InChI is InChI=1S/C54H41BN2O2/c1-54(2,3)36-32-47-53-48(33-36)59-50-35-46(57(39-24-12-6-13-25-39)40-26-14-7-15-27-40)42-29-17-19-31-44(42)52(50)55(53)51-43-30-18-16-28-41(43)45(34-49(51)58-47)56(37-20-8-4-9-21-37)38-22-10-5-11-23-38/h4-35H,1-3H3. The van der Waals surface area contributed by atoms with E-state index in [4.69, 9.17) is 9.47 Å². The summed E-state index contributed by atoms with van der Waals surface area (Å²) in [6.07, 6.45) is 0. The fourth-order valence-corrected chi connectivity index (χ4v) is 9.16. The van der Waals surface area contributed by atoms with Gasteiger partial charge in [-0.2, -0.15) is 0 Å². The molecule has 0 radical (unpaired) electrons. The third-order valence-corrected chi connectivity index (χ3v) is 11.9. The van der Waals surface area contributed by atoms with E-state index in [1.807, 2.05) is 0 Å². The van der Waals surface area contributed by atoms with Crippen molar-refractivity contribution < 1.29 is 9.47 Å². The van der Waals surface area contributed by atoms with Crippen LogP contribution in [0.2, 0.25) is 0 Å². The molecule has 0 saturated carbocycles. The number of rotatable bonds is 6. The summed E-state index contributed by atoms with van der Waals surface area (Å²) < 4.78 is 14.4. The molecule has 9 aromatic carbocycles. The Balaban J connectivity index is 1.22. The molecule has 0 unspecified atom stereocenters. The smallest absolute Gasteiger partial charge is 0.262 e. The number of anilines is 6. The molecule has 0 atom stereocenters. The molecule has 11 rings (SSSR count). The first-order valence-corrected chi connectivity index (χ1v) is 20.4. The molecule has 0 bridgehead atoms. The van der Waals surface area contributed by atoms with Crippen LogP contribution >= 0.6 is 0 Å². The largest absolute Gasteiger partial charge is 0.458 e. The molecule has 0 N–H and O–H groups in total. The van der Waals surface area contributed by atoms with Crippen LogP contribution in [0, 0.1) is 0 Å². The van der Waals surface area contributed by atoms with E-state index in [0.717, 1.165) is 101 Å². The number of para-hydroxylation sites is 4. The van der Waals surface area contributed by atoms with Crippen LogP contribution in [0.5, 0.6) is 23.0 Å². The summed E-state index contributed by atoms with van der Waals surface area (Å²) in [6, 6.07) is 69.1. The van der Waals surface area contributed by atoms with Crippen molar-refractivity contribution in [1.29, 1.82) is 0 Å². The second-order valence-corrected chi connectivity index (χ2v) is 16.5. The number of ether oxygens (including phenoxy) is 2. The number of benzene rings is 9. The van der Waals surface area contributed by atoms with Crippen LogP contribution in [0.15, 0.2) is 194 Å². The van der Waals surface area contributed by atoms with Crippen molar-refractivity contribution in [3.8, 4) is 23.0 Å². The maximum absolute atomic E-state index is 7.22. The molecule has 2 heterocycles. The Morgan fingerprint density at radius 2 is 0.661 bits per heavy atom. The maximum atomic E-state index is 7.22. The molecular weight excluding hydrogens is 719 g/mol. The van der Waals surface area contributed by atoms with Gasteiger partial charge in [0.15, 0.2) is 0 Å². The molecule has 9 aromatic rings. The van der Waals surface area contributed by atoms with Crippen molar-refractivity contribution in [2.75, 3.05) is 9.80 Å². The predicted octanol–water partition coefficient (Wildman–Crippen LogP) is 13.0. The van der Waals surface area contributed by atoms with E-state index in [0.29, 0.717) is 0 Å². The van der Waals surface area contributed by atoms with Crippen molar-refractivity contribution in [1.82, 2.24) is 0 Å². The highest BCUT2D eigenvalue weighted by Gasteiger charge is 2.44. The molecule has 0 spiro atoms. The Bertz CT molecular complexity index is 2760. The highest BCUT2D eigenvalue weighted by molar-refractivity contribution is 7.01. The molecular formula is C54H41BN2O2. The highest BCUT2D eigenvalue weighted by atomic mass is 16.5. The lowest BCUT2D eigenvalue weighted by Gasteiger charge is -2.38. The van der Waals surface area contributed by atoms with Crippen LogP contribution in [0.3, 0.4) is 0 Å². The Morgan fingerprint density at radius 3 is 1.00 bits per heavy atom. The molecule has 2 aliphatic heterocycles. The van der Waals surface area contributed by atoms with Crippen molar-refractivity contribution in [2.24, 2.45) is 0 Å². The summed E-state index contributed by atoms with van der Waals surface area (Å²) in [6.45, 7) is 6.58. The van der Waals surface area contributed by atoms with Gasteiger partial charge in [-0.25, -0.2) is 0 Å². The lowest BCUT2D eigenvalue weighted by molar-refractivity contribution is 0.459. The van der Waals surface area contributed by atoms with Crippen LogP contribution in [0.4, 0.5) is 34.1 Å². The average molecular weight is 761 g/mol. The predicted molar refractivity (Wildman–Crippen MR) is 247 cm³/mol. The van der Waals surface area contributed by atoms with E-state index >= 15 is 0 Å². The quantitative estimate of drug-likeness (QED) is 0.158. The fraction of sp³-hybridized carbons (Fsp3) is 0.0741. The third-order valence-electron chi connectivity index (χ3n) is 11.9. The second kappa shape index (κ2) is 13.7. The molecule has 0 saturated heterocycles. The van der Waals surface area contributed by atoms with E-state index in [-0.39, 0.29) is 12.1 Å². The minimum absolute atomic E-state index is 0.147. The van der Waals surface area contributed by atoms with Gasteiger partial charge in [-0.15, -0.1) is 0 Å². The average Bonchev–Trinajstić information content (AvgIpc) is 3.27. The Hall–Kier alpha value is -7.24. The first-order valence-electron chi connectivity index (χ1n) is 20.4. The Labute approximate surface area is 345 Å². The van der Waals surface area contributed by atoms with Gasteiger partial charge in [-0.3, -0.25) is 0 Å². The van der Waals surface area contributed by atoms with Gasteiger partial charge in [0.1, 0.15) is 23.0 Å². The molecule has 4 nitrogen and oxygen atoms in total. The number of fused-ring (bicyclic) bond motifs is 8. The summed E-state index contributed by atoms with van der Waals surface area (Å²) in [5, 5.41) is 4.59. The van der Waals surface area contributed by atoms with Gasteiger partial charge in [0.2, 0.25) is 0 Å². The van der Waals surface area contributed by atoms with Crippen LogP contribution in [-0.4, -0.2) is 6.71 Å². The van der Waals surface area contributed by atoms with E-state index in [1.165, 1.54) is 0 Å². The molecule has 59 heavy (non-hydrogen) atoms. The molecule has 0 aromatic heterocycles. The monoisotopic (exact) mass is 760 g/mol. The van der Waals surface area contributed by atoms with Crippen molar-refractivity contribution in [3.05, 3.63) is 200 Å². The Morgan fingerprint density at radius 1 is 0.356 bits per heavy atom. The third kappa shape index (κ3) is 5.76. The van der Waals surface area contributed by atoms with E-state index in [1.54, 1.807) is 0 Å². The first kappa shape index (κ1) is 35.0. The molecule has 0 amide bonds. The topological polar surface area (TPSA) is 24.9 Å². The molecule has 5 heteroatoms. The lowest BCUT2D eigenvalue weighted by Crippen LogP contribution is -2.58. The van der Waals surface area contributed by atoms with Crippen molar-refractivity contribution in [2.45, 2.75) is 26.2 Å². The van der Waals surface area contributed by atoms with Crippen LogP contribution in [0.25, 0.3) is 21.5 Å². The minimum Gasteiger partial charge on any atom is -0.458 e. The second-order valence-electron chi connectivity index (χ2n) is 16.5. The fourth-order valence-electron chi connectivity index (χ4n) is 9.16. The molecule has 0 aliphatic carbocycles. The van der Waals surface area contributed by atoms with Gasteiger partial charge in [-0.1, -0.05) is 142 Å². The summed E-state index contributed by atoms with van der Waals surface area (Å²) in [4.78, 5) is 4.69. The number of hydrogen-bond acceptors (Lipinski definition) is 4. The normalized spacial score (nSPS) is 12.6. The number of hydrogen-bond donors (Lipinski definition) is 0. The lowest BCUT2D eigenvalue weighted by atomic mass is 9.33. The van der Waals surface area contributed by atoms with Crippen molar-refractivity contribution >= 4 is 78.8 Å². The number of nitrogens with zero attached hydrogens (tertiary/aromatic N) is 2. The van der Waals surface area contributed by atoms with Gasteiger partial charge in [0.05, 0.1) is 11.4 Å². The molecule has 0 fully saturated rings. The zero-order valence-electron chi connectivity index (χ0n) is 33.3. The van der Waals surface area contributed by atoms with E-state index in [9.17, 15) is 0 Å². The maximum Gasteiger partial charge on any atom is 0.262 e. The summed E-state index contributed by atoms with van der Waals surface area (Å²) in [7, 11) is 0. The van der Waals surface area contributed by atoms with Crippen LogP contribution < -0.4 is 35.7 Å².